The molecule has 0 N–H and O–H groups in total. The van der Waals surface area contributed by atoms with Gasteiger partial charge in [-0.3, -0.25) is 4.68 Å². The molecule has 0 spiro atoms. The van der Waals surface area contributed by atoms with Crippen LogP contribution >= 0.6 is 23.2 Å². The summed E-state index contributed by atoms with van der Waals surface area (Å²) in [6, 6.07) is 3.91. The van der Waals surface area contributed by atoms with Crippen molar-refractivity contribution in [1.29, 1.82) is 0 Å². The third kappa shape index (κ3) is 2.94. The molecule has 0 aromatic carbocycles. The van der Waals surface area contributed by atoms with Gasteiger partial charge in [0.05, 0.1) is 17.3 Å². The smallest absolute Gasteiger partial charge is 0.266 e. The Bertz CT molecular complexity index is 566. The molecule has 0 saturated heterocycles. The summed E-state index contributed by atoms with van der Waals surface area (Å²) in [4.78, 5) is 3.93. The largest absolute Gasteiger partial charge is 0.435 e. The normalized spacial score (nSPS) is 11.8. The number of hydrogen-bond donors (Lipinski definition) is 0. The fourth-order valence-corrected chi connectivity index (χ4v) is 1.65. The topological polar surface area (TPSA) is 30.7 Å². The quantitative estimate of drug-likeness (QED) is 0.792. The molecule has 0 amide bonds. The van der Waals surface area contributed by atoms with Crippen LogP contribution in [0.25, 0.3) is 0 Å². The molecule has 0 unspecified atom stereocenters. The first-order valence-electron chi connectivity index (χ1n) is 4.78. The SMILES string of the molecule is FC(F)(F)c1ccn(Cc2nc(Cl)ccc2Cl)n1. The van der Waals surface area contributed by atoms with Crippen molar-refractivity contribution in [2.45, 2.75) is 12.7 Å². The summed E-state index contributed by atoms with van der Waals surface area (Å²) in [5, 5.41) is 3.94. The van der Waals surface area contributed by atoms with E-state index in [1.807, 2.05) is 0 Å². The number of nitrogens with zero attached hydrogens (tertiary/aromatic N) is 3. The first-order chi connectivity index (χ1) is 8.36. The molecule has 2 aromatic rings. The van der Waals surface area contributed by atoms with E-state index in [1.54, 1.807) is 0 Å². The maximum absolute atomic E-state index is 12.3. The second-order valence-corrected chi connectivity index (χ2v) is 4.25. The first kappa shape index (κ1) is 13.2. The van der Waals surface area contributed by atoms with Gasteiger partial charge in [-0.1, -0.05) is 23.2 Å². The summed E-state index contributed by atoms with van der Waals surface area (Å²) in [6.07, 6.45) is -3.25. The van der Waals surface area contributed by atoms with Crippen molar-refractivity contribution in [3.05, 3.63) is 46.0 Å². The van der Waals surface area contributed by atoms with E-state index in [2.05, 4.69) is 10.1 Å². The predicted molar refractivity (Wildman–Crippen MR) is 60.6 cm³/mol. The Labute approximate surface area is 110 Å². The van der Waals surface area contributed by atoms with Crippen molar-refractivity contribution in [3.63, 3.8) is 0 Å². The van der Waals surface area contributed by atoms with Gasteiger partial charge in [0.15, 0.2) is 5.69 Å². The minimum Gasteiger partial charge on any atom is -0.266 e. The van der Waals surface area contributed by atoms with Crippen molar-refractivity contribution in [2.24, 2.45) is 0 Å². The van der Waals surface area contributed by atoms with Gasteiger partial charge >= 0.3 is 6.18 Å². The summed E-state index contributed by atoms with van der Waals surface area (Å²) >= 11 is 11.5. The van der Waals surface area contributed by atoms with Crippen molar-refractivity contribution in [3.8, 4) is 0 Å². The zero-order chi connectivity index (χ0) is 13.3. The highest BCUT2D eigenvalue weighted by atomic mass is 35.5. The van der Waals surface area contributed by atoms with Crippen LogP contribution in [0.3, 0.4) is 0 Å². The number of pyridine rings is 1. The lowest BCUT2D eigenvalue weighted by Crippen LogP contribution is -2.09. The molecule has 0 aliphatic rings. The van der Waals surface area contributed by atoms with E-state index in [0.717, 1.165) is 10.7 Å². The number of rotatable bonds is 2. The van der Waals surface area contributed by atoms with E-state index in [0.29, 0.717) is 10.7 Å². The van der Waals surface area contributed by atoms with Crippen LogP contribution in [0.5, 0.6) is 0 Å². The van der Waals surface area contributed by atoms with Crippen LogP contribution in [-0.4, -0.2) is 14.8 Å². The Hall–Kier alpha value is -1.27. The van der Waals surface area contributed by atoms with Crippen molar-refractivity contribution >= 4 is 23.2 Å². The molecular weight excluding hydrogens is 290 g/mol. The Morgan fingerprint density at radius 3 is 2.50 bits per heavy atom. The molecule has 0 saturated carbocycles. The molecule has 3 nitrogen and oxygen atoms in total. The van der Waals surface area contributed by atoms with E-state index < -0.39 is 11.9 Å². The lowest BCUT2D eigenvalue weighted by atomic mass is 10.3. The highest BCUT2D eigenvalue weighted by molar-refractivity contribution is 6.32. The summed E-state index contributed by atoms with van der Waals surface area (Å²) in [5.41, 5.74) is -0.596. The van der Waals surface area contributed by atoms with Gasteiger partial charge in [-0.25, -0.2) is 4.98 Å². The van der Waals surface area contributed by atoms with Gasteiger partial charge in [0.1, 0.15) is 5.15 Å². The molecule has 0 fully saturated rings. The van der Waals surface area contributed by atoms with Crippen molar-refractivity contribution in [2.75, 3.05) is 0 Å². The molecule has 0 aliphatic heterocycles. The summed E-state index contributed by atoms with van der Waals surface area (Å²) in [7, 11) is 0. The molecule has 0 radical (unpaired) electrons. The Morgan fingerprint density at radius 2 is 1.89 bits per heavy atom. The van der Waals surface area contributed by atoms with E-state index >= 15 is 0 Å². The average molecular weight is 296 g/mol. The fraction of sp³-hybridized carbons (Fsp3) is 0.200. The van der Waals surface area contributed by atoms with Crippen LogP contribution in [0.1, 0.15) is 11.4 Å². The van der Waals surface area contributed by atoms with Crippen LogP contribution in [-0.2, 0) is 12.7 Å². The number of aromatic nitrogens is 3. The van der Waals surface area contributed by atoms with Gasteiger partial charge < -0.3 is 0 Å². The van der Waals surface area contributed by atoms with Gasteiger partial charge in [-0.2, -0.15) is 18.3 Å². The minimum absolute atomic E-state index is 0.0233. The molecule has 0 aliphatic carbocycles. The molecule has 2 rings (SSSR count). The molecule has 18 heavy (non-hydrogen) atoms. The highest BCUT2D eigenvalue weighted by Crippen LogP contribution is 2.27. The van der Waals surface area contributed by atoms with Gasteiger partial charge in [0.2, 0.25) is 0 Å². The lowest BCUT2D eigenvalue weighted by Gasteiger charge is -2.05. The van der Waals surface area contributed by atoms with Crippen molar-refractivity contribution in [1.82, 2.24) is 14.8 Å². The number of halogens is 5. The van der Waals surface area contributed by atoms with Crippen molar-refractivity contribution < 1.29 is 13.2 Å². The summed E-state index contributed by atoms with van der Waals surface area (Å²) in [5.74, 6) is 0. The van der Waals surface area contributed by atoms with Gasteiger partial charge in [-0.05, 0) is 18.2 Å². The van der Waals surface area contributed by atoms with E-state index in [9.17, 15) is 13.2 Å². The zero-order valence-corrected chi connectivity index (χ0v) is 10.3. The molecule has 96 valence electrons. The lowest BCUT2D eigenvalue weighted by molar-refractivity contribution is -0.141. The van der Waals surface area contributed by atoms with E-state index in [4.69, 9.17) is 23.2 Å². The Morgan fingerprint density at radius 1 is 1.17 bits per heavy atom. The van der Waals surface area contributed by atoms with Crippen LogP contribution in [0, 0.1) is 0 Å². The summed E-state index contributed by atoms with van der Waals surface area (Å²) < 4.78 is 38.1. The van der Waals surface area contributed by atoms with E-state index in [-0.39, 0.29) is 11.7 Å². The fourth-order valence-electron chi connectivity index (χ4n) is 1.32. The second-order valence-electron chi connectivity index (χ2n) is 3.46. The molecule has 8 heteroatoms. The molecule has 2 heterocycles. The average Bonchev–Trinajstić information content (AvgIpc) is 2.71. The third-order valence-electron chi connectivity index (χ3n) is 2.13. The highest BCUT2D eigenvalue weighted by Gasteiger charge is 2.33. The summed E-state index contributed by atoms with van der Waals surface area (Å²) in [6.45, 7) is 0.0233. The van der Waals surface area contributed by atoms with Crippen LogP contribution < -0.4 is 0 Å². The van der Waals surface area contributed by atoms with Gasteiger partial charge in [-0.15, -0.1) is 0 Å². The number of hydrogen-bond acceptors (Lipinski definition) is 2. The predicted octanol–water partition coefficient (Wildman–Crippen LogP) is 3.65. The Kier molecular flexibility index (Phi) is 3.49. The van der Waals surface area contributed by atoms with Crippen LogP contribution in [0.4, 0.5) is 13.2 Å². The van der Waals surface area contributed by atoms with Gasteiger partial charge in [0, 0.05) is 6.20 Å². The third-order valence-corrected chi connectivity index (χ3v) is 2.68. The van der Waals surface area contributed by atoms with Crippen LogP contribution in [0.15, 0.2) is 24.4 Å². The standard InChI is InChI=1S/C10H6Cl2F3N3/c11-6-1-2-9(12)16-7(6)5-18-4-3-8(17-18)10(13,14)15/h1-4H,5H2. The molecule has 2 aromatic heterocycles. The first-order valence-corrected chi connectivity index (χ1v) is 5.53. The second kappa shape index (κ2) is 4.78. The monoisotopic (exact) mass is 295 g/mol. The maximum Gasteiger partial charge on any atom is 0.435 e. The van der Waals surface area contributed by atoms with Gasteiger partial charge in [0.25, 0.3) is 0 Å². The minimum atomic E-state index is -4.46. The van der Waals surface area contributed by atoms with E-state index in [1.165, 1.54) is 18.3 Å². The molecule has 0 bridgehead atoms. The van der Waals surface area contributed by atoms with Crippen LogP contribution in [0.2, 0.25) is 10.2 Å². The molecular formula is C10H6Cl2F3N3. The zero-order valence-electron chi connectivity index (χ0n) is 8.75. The Balaban J connectivity index is 2.24. The maximum atomic E-state index is 12.3. The molecule has 0 atom stereocenters. The number of alkyl halides is 3.